The van der Waals surface area contributed by atoms with E-state index in [1.165, 1.54) is 0 Å². The molecule has 0 aromatic carbocycles. The number of carbonyl (C=O) groups is 1. The zero-order valence-electron chi connectivity index (χ0n) is 10.4. The lowest BCUT2D eigenvalue weighted by Crippen LogP contribution is -2.43. The van der Waals surface area contributed by atoms with Gasteiger partial charge in [0.1, 0.15) is 0 Å². The lowest BCUT2D eigenvalue weighted by Gasteiger charge is -2.32. The Morgan fingerprint density at radius 2 is 2.50 bits per heavy atom. The molecule has 0 radical (unpaired) electrons. The lowest BCUT2D eigenvalue weighted by atomic mass is 10.1. The number of rotatable bonds is 3. The molecule has 2 rings (SSSR count). The third-order valence-electron chi connectivity index (χ3n) is 3.21. The van der Waals surface area contributed by atoms with Crippen LogP contribution in [-0.4, -0.2) is 42.1 Å². The van der Waals surface area contributed by atoms with Gasteiger partial charge in [0, 0.05) is 26.4 Å². The lowest BCUT2D eigenvalue weighted by molar-refractivity contribution is 0.0269. The van der Waals surface area contributed by atoms with Gasteiger partial charge in [0.2, 0.25) is 0 Å². The summed E-state index contributed by atoms with van der Waals surface area (Å²) in [7, 11) is 1.68. The molecule has 0 bridgehead atoms. The van der Waals surface area contributed by atoms with E-state index in [0.29, 0.717) is 17.8 Å². The van der Waals surface area contributed by atoms with Gasteiger partial charge >= 0.3 is 0 Å². The zero-order valence-corrected chi connectivity index (χ0v) is 10.4. The normalized spacial score (nSPS) is 19.7. The summed E-state index contributed by atoms with van der Waals surface area (Å²) in [5.41, 5.74) is 3.59. The molecule has 0 spiro atoms. The highest BCUT2D eigenvalue weighted by Gasteiger charge is 2.25. The SMILES string of the molecule is COC1CCCN(C(=O)c2ccncc2NN)C1. The molecule has 2 heterocycles. The monoisotopic (exact) mass is 250 g/mol. The maximum atomic E-state index is 12.4. The van der Waals surface area contributed by atoms with Gasteiger partial charge in [-0.2, -0.15) is 0 Å². The van der Waals surface area contributed by atoms with Crippen molar-refractivity contribution < 1.29 is 9.53 Å². The number of anilines is 1. The number of nitrogen functional groups attached to an aromatic ring is 1. The van der Waals surface area contributed by atoms with Gasteiger partial charge in [-0.15, -0.1) is 0 Å². The van der Waals surface area contributed by atoms with Crippen molar-refractivity contribution in [1.29, 1.82) is 0 Å². The molecule has 3 N–H and O–H groups in total. The number of aromatic nitrogens is 1. The molecule has 0 saturated carbocycles. The molecule has 1 fully saturated rings. The fourth-order valence-electron chi connectivity index (χ4n) is 2.18. The van der Waals surface area contributed by atoms with E-state index in [2.05, 4.69) is 10.4 Å². The highest BCUT2D eigenvalue weighted by molar-refractivity contribution is 5.99. The Kier molecular flexibility index (Phi) is 4.11. The maximum absolute atomic E-state index is 12.4. The van der Waals surface area contributed by atoms with Gasteiger partial charge in [0.25, 0.3) is 5.91 Å². The Labute approximate surface area is 106 Å². The van der Waals surface area contributed by atoms with Crippen LogP contribution in [0.2, 0.25) is 0 Å². The first-order valence-corrected chi connectivity index (χ1v) is 5.99. The zero-order chi connectivity index (χ0) is 13.0. The molecule has 18 heavy (non-hydrogen) atoms. The molecule has 1 aromatic rings. The van der Waals surface area contributed by atoms with Crippen LogP contribution in [0.15, 0.2) is 18.5 Å². The van der Waals surface area contributed by atoms with Crippen molar-refractivity contribution in [3.63, 3.8) is 0 Å². The van der Waals surface area contributed by atoms with Crippen molar-refractivity contribution in [3.8, 4) is 0 Å². The second-order valence-electron chi connectivity index (χ2n) is 4.32. The van der Waals surface area contributed by atoms with Gasteiger partial charge < -0.3 is 15.1 Å². The first-order chi connectivity index (χ1) is 8.76. The number of nitrogens with one attached hydrogen (secondary N) is 1. The van der Waals surface area contributed by atoms with E-state index in [4.69, 9.17) is 10.6 Å². The van der Waals surface area contributed by atoms with Crippen LogP contribution in [0.5, 0.6) is 0 Å². The Morgan fingerprint density at radius 1 is 1.67 bits per heavy atom. The molecule has 1 aromatic heterocycles. The molecule has 1 atom stereocenters. The van der Waals surface area contributed by atoms with Crippen molar-refractivity contribution in [3.05, 3.63) is 24.0 Å². The molecule has 0 aliphatic carbocycles. The second kappa shape index (κ2) is 5.79. The summed E-state index contributed by atoms with van der Waals surface area (Å²) in [5, 5.41) is 0. The van der Waals surface area contributed by atoms with E-state index >= 15 is 0 Å². The average Bonchev–Trinajstić information content (AvgIpc) is 2.46. The predicted octanol–water partition coefficient (Wildman–Crippen LogP) is 0.618. The van der Waals surface area contributed by atoms with Crippen LogP contribution in [0.25, 0.3) is 0 Å². The van der Waals surface area contributed by atoms with Crippen LogP contribution in [0.3, 0.4) is 0 Å². The minimum Gasteiger partial charge on any atom is -0.380 e. The number of pyridine rings is 1. The van der Waals surface area contributed by atoms with Crippen LogP contribution < -0.4 is 11.3 Å². The smallest absolute Gasteiger partial charge is 0.256 e. The molecule has 1 unspecified atom stereocenters. The highest BCUT2D eigenvalue weighted by Crippen LogP contribution is 2.19. The molecule has 1 aliphatic rings. The van der Waals surface area contributed by atoms with Crippen molar-refractivity contribution in [2.45, 2.75) is 18.9 Å². The largest absolute Gasteiger partial charge is 0.380 e. The number of likely N-dealkylation sites (tertiary alicyclic amines) is 1. The van der Waals surface area contributed by atoms with Gasteiger partial charge in [-0.1, -0.05) is 0 Å². The molecule has 1 amide bonds. The number of hydrazine groups is 1. The van der Waals surface area contributed by atoms with E-state index in [1.54, 1.807) is 30.5 Å². The van der Waals surface area contributed by atoms with Crippen LogP contribution >= 0.6 is 0 Å². The average molecular weight is 250 g/mol. The third-order valence-corrected chi connectivity index (χ3v) is 3.21. The number of carbonyl (C=O) groups excluding carboxylic acids is 1. The van der Waals surface area contributed by atoms with Crippen LogP contribution in [0.4, 0.5) is 5.69 Å². The van der Waals surface area contributed by atoms with Crippen LogP contribution in [0.1, 0.15) is 23.2 Å². The summed E-state index contributed by atoms with van der Waals surface area (Å²) < 4.78 is 5.32. The van der Waals surface area contributed by atoms with Gasteiger partial charge in [-0.3, -0.25) is 15.6 Å². The van der Waals surface area contributed by atoms with Gasteiger partial charge in [-0.25, -0.2) is 0 Å². The molecule has 6 nitrogen and oxygen atoms in total. The summed E-state index contributed by atoms with van der Waals surface area (Å²) in [5.74, 6) is 5.35. The predicted molar refractivity (Wildman–Crippen MR) is 68.0 cm³/mol. The molecule has 1 saturated heterocycles. The van der Waals surface area contributed by atoms with E-state index < -0.39 is 0 Å². The van der Waals surface area contributed by atoms with Crippen molar-refractivity contribution in [2.24, 2.45) is 5.84 Å². The minimum atomic E-state index is -0.0351. The number of nitrogens with zero attached hydrogens (tertiary/aromatic N) is 2. The summed E-state index contributed by atoms with van der Waals surface area (Å²) >= 11 is 0. The molecule has 98 valence electrons. The standard InChI is InChI=1S/C12H18N4O2/c1-18-9-3-2-6-16(8-9)12(17)10-4-5-14-7-11(10)15-13/h4-5,7,9,15H,2-3,6,8,13H2,1H3. The maximum Gasteiger partial charge on any atom is 0.256 e. The Morgan fingerprint density at radius 3 is 3.22 bits per heavy atom. The summed E-state index contributed by atoms with van der Waals surface area (Å²) in [6.07, 6.45) is 5.22. The van der Waals surface area contributed by atoms with Crippen molar-refractivity contribution in [2.75, 3.05) is 25.6 Å². The number of methoxy groups -OCH3 is 1. The molecular formula is C12H18N4O2. The fourth-order valence-corrected chi connectivity index (χ4v) is 2.18. The Hall–Kier alpha value is -1.66. The number of ether oxygens (including phenoxy) is 1. The van der Waals surface area contributed by atoms with Crippen molar-refractivity contribution >= 4 is 11.6 Å². The quantitative estimate of drug-likeness (QED) is 0.607. The number of hydrogen-bond donors (Lipinski definition) is 2. The minimum absolute atomic E-state index is 0.0351. The molecule has 1 aliphatic heterocycles. The van der Waals surface area contributed by atoms with E-state index in [9.17, 15) is 4.79 Å². The number of piperidine rings is 1. The number of nitrogens with two attached hydrogens (primary N) is 1. The number of amides is 1. The van der Waals surface area contributed by atoms with Gasteiger partial charge in [-0.05, 0) is 18.9 Å². The molecular weight excluding hydrogens is 232 g/mol. The van der Waals surface area contributed by atoms with E-state index in [1.807, 2.05) is 0 Å². The van der Waals surface area contributed by atoms with Crippen molar-refractivity contribution in [1.82, 2.24) is 9.88 Å². The van der Waals surface area contributed by atoms with Gasteiger partial charge in [0.15, 0.2) is 0 Å². The number of hydrogen-bond acceptors (Lipinski definition) is 5. The topological polar surface area (TPSA) is 80.5 Å². The molecule has 6 heteroatoms. The van der Waals surface area contributed by atoms with Crippen LogP contribution in [0, 0.1) is 0 Å². The van der Waals surface area contributed by atoms with Gasteiger partial charge in [0.05, 0.1) is 23.6 Å². The highest BCUT2D eigenvalue weighted by atomic mass is 16.5. The first kappa shape index (κ1) is 12.8. The Balaban J connectivity index is 2.15. The second-order valence-corrected chi connectivity index (χ2v) is 4.32. The summed E-state index contributed by atoms with van der Waals surface area (Å²) in [6, 6.07) is 1.67. The van der Waals surface area contributed by atoms with E-state index in [-0.39, 0.29) is 12.0 Å². The van der Waals surface area contributed by atoms with Crippen LogP contribution in [-0.2, 0) is 4.74 Å². The Bertz CT molecular complexity index is 424. The fraction of sp³-hybridized carbons (Fsp3) is 0.500. The first-order valence-electron chi connectivity index (χ1n) is 5.99. The van der Waals surface area contributed by atoms with E-state index in [0.717, 1.165) is 19.4 Å². The summed E-state index contributed by atoms with van der Waals surface area (Å²) in [4.78, 5) is 18.1. The third kappa shape index (κ3) is 2.60. The summed E-state index contributed by atoms with van der Waals surface area (Å²) in [6.45, 7) is 1.38.